The van der Waals surface area contributed by atoms with Gasteiger partial charge >= 0.3 is 5.97 Å². The number of aromatic nitrogens is 1. The van der Waals surface area contributed by atoms with E-state index in [9.17, 15) is 19.2 Å². The zero-order chi connectivity index (χ0) is 28.4. The first-order valence-electron chi connectivity index (χ1n) is 11.6. The SMILES string of the molecule is COC(=O)c1ccccc1N1C(=O)C(Cl)=C(Nc2cccc(C(=O)Nc3nc(-c4ccc(Cl)cc4)cs3)c2)C1=O. The van der Waals surface area contributed by atoms with Gasteiger partial charge < -0.3 is 10.1 Å². The summed E-state index contributed by atoms with van der Waals surface area (Å²) >= 11 is 13.5. The Hall–Kier alpha value is -4.51. The molecule has 5 rings (SSSR count). The summed E-state index contributed by atoms with van der Waals surface area (Å²) < 4.78 is 4.77. The van der Waals surface area contributed by atoms with Crippen molar-refractivity contribution in [2.24, 2.45) is 0 Å². The summed E-state index contributed by atoms with van der Waals surface area (Å²) in [7, 11) is 1.20. The van der Waals surface area contributed by atoms with Crippen LogP contribution in [0.25, 0.3) is 11.3 Å². The second-order valence-electron chi connectivity index (χ2n) is 8.35. The van der Waals surface area contributed by atoms with Crippen molar-refractivity contribution >= 4 is 74.7 Å². The molecule has 12 heteroatoms. The average Bonchev–Trinajstić information content (AvgIpc) is 3.51. The predicted molar refractivity (Wildman–Crippen MR) is 154 cm³/mol. The molecule has 0 radical (unpaired) electrons. The number of hydrogen-bond donors (Lipinski definition) is 2. The molecule has 1 aliphatic rings. The first kappa shape index (κ1) is 27.1. The van der Waals surface area contributed by atoms with Crippen molar-refractivity contribution in [1.82, 2.24) is 4.98 Å². The van der Waals surface area contributed by atoms with Gasteiger partial charge in [-0.05, 0) is 42.5 Å². The highest BCUT2D eigenvalue weighted by atomic mass is 35.5. The van der Waals surface area contributed by atoms with Gasteiger partial charge in [0, 0.05) is 27.2 Å². The summed E-state index contributed by atoms with van der Waals surface area (Å²) in [5.41, 5.74) is 2.02. The number of carbonyl (C=O) groups excluding carboxylic acids is 4. The molecule has 0 aliphatic carbocycles. The van der Waals surface area contributed by atoms with E-state index in [1.54, 1.807) is 42.5 Å². The van der Waals surface area contributed by atoms with Gasteiger partial charge in [0.2, 0.25) is 0 Å². The van der Waals surface area contributed by atoms with Crippen LogP contribution in [0.5, 0.6) is 0 Å². The lowest BCUT2D eigenvalue weighted by atomic mass is 10.1. The second kappa shape index (κ2) is 11.3. The average molecular weight is 593 g/mol. The number of halogens is 2. The summed E-state index contributed by atoms with van der Waals surface area (Å²) in [6.07, 6.45) is 0. The molecule has 0 bridgehead atoms. The Kier molecular flexibility index (Phi) is 7.65. The molecule has 0 saturated heterocycles. The Morgan fingerprint density at radius 3 is 2.45 bits per heavy atom. The van der Waals surface area contributed by atoms with Crippen LogP contribution >= 0.6 is 34.5 Å². The smallest absolute Gasteiger partial charge is 0.339 e. The molecule has 1 aliphatic heterocycles. The summed E-state index contributed by atoms with van der Waals surface area (Å²) in [6.45, 7) is 0. The zero-order valence-electron chi connectivity index (χ0n) is 20.6. The Bertz CT molecular complexity index is 1700. The largest absolute Gasteiger partial charge is 0.465 e. The topological polar surface area (TPSA) is 118 Å². The molecule has 4 aromatic rings. The summed E-state index contributed by atoms with van der Waals surface area (Å²) in [5, 5.41) is 8.06. The number of benzene rings is 3. The van der Waals surface area contributed by atoms with Gasteiger partial charge in [-0.15, -0.1) is 11.3 Å². The summed E-state index contributed by atoms with van der Waals surface area (Å²) in [6, 6.07) is 19.5. The number of rotatable bonds is 7. The van der Waals surface area contributed by atoms with Crippen molar-refractivity contribution in [3.8, 4) is 11.3 Å². The maximum Gasteiger partial charge on any atom is 0.339 e. The van der Waals surface area contributed by atoms with E-state index < -0.39 is 23.7 Å². The van der Waals surface area contributed by atoms with Gasteiger partial charge in [0.05, 0.1) is 24.1 Å². The number of carbonyl (C=O) groups is 4. The summed E-state index contributed by atoms with van der Waals surface area (Å²) in [5.74, 6) is -2.71. The normalized spacial score (nSPS) is 13.0. The Morgan fingerprint density at radius 2 is 1.70 bits per heavy atom. The standard InChI is InChI=1S/C28H18Cl2N4O5S/c1-39-27(38)19-7-2-3-8-21(19)34-25(36)22(30)23(26(34)37)31-18-6-4-5-16(13-18)24(35)33-28-32-20(14-40-28)15-9-11-17(29)12-10-15/h2-14,31H,1H3,(H,32,33,35). The fourth-order valence-electron chi connectivity index (χ4n) is 3.92. The maximum atomic E-state index is 13.2. The van der Waals surface area contributed by atoms with Crippen LogP contribution in [0.2, 0.25) is 5.02 Å². The fourth-order valence-corrected chi connectivity index (χ4v) is 4.97. The first-order valence-corrected chi connectivity index (χ1v) is 13.3. The minimum absolute atomic E-state index is 0.0255. The molecular weight excluding hydrogens is 575 g/mol. The number of para-hydroxylation sites is 1. The van der Waals surface area contributed by atoms with Gasteiger partial charge in [-0.2, -0.15) is 0 Å². The number of hydrogen-bond acceptors (Lipinski definition) is 8. The molecule has 2 N–H and O–H groups in total. The molecule has 2 heterocycles. The molecule has 0 unspecified atom stereocenters. The predicted octanol–water partition coefficient (Wildman–Crippen LogP) is 5.94. The van der Waals surface area contributed by atoms with E-state index in [0.717, 1.165) is 10.5 Å². The number of ether oxygens (including phenoxy) is 1. The number of anilines is 3. The van der Waals surface area contributed by atoms with E-state index in [0.29, 0.717) is 21.5 Å². The Labute approximate surface area is 242 Å². The van der Waals surface area contributed by atoms with E-state index in [4.69, 9.17) is 27.9 Å². The van der Waals surface area contributed by atoms with E-state index in [2.05, 4.69) is 15.6 Å². The number of esters is 1. The molecule has 0 atom stereocenters. The van der Waals surface area contributed by atoms with Crippen LogP contribution in [0, 0.1) is 0 Å². The number of imide groups is 1. The molecule has 9 nitrogen and oxygen atoms in total. The number of nitrogens with one attached hydrogen (secondary N) is 2. The van der Waals surface area contributed by atoms with Crippen LogP contribution in [0.1, 0.15) is 20.7 Å². The lowest BCUT2D eigenvalue weighted by Crippen LogP contribution is -2.33. The van der Waals surface area contributed by atoms with Crippen molar-refractivity contribution in [2.75, 3.05) is 22.6 Å². The minimum atomic E-state index is -0.806. The van der Waals surface area contributed by atoms with E-state index in [1.807, 2.05) is 17.5 Å². The van der Waals surface area contributed by atoms with Gasteiger partial charge in [-0.3, -0.25) is 19.7 Å². The molecule has 0 fully saturated rings. The number of thiazole rings is 1. The fraction of sp³-hybridized carbons (Fsp3) is 0.0357. The highest BCUT2D eigenvalue weighted by Crippen LogP contribution is 2.33. The molecule has 0 spiro atoms. The van der Waals surface area contributed by atoms with Crippen molar-refractivity contribution in [1.29, 1.82) is 0 Å². The van der Waals surface area contributed by atoms with Crippen molar-refractivity contribution < 1.29 is 23.9 Å². The molecule has 1 aromatic heterocycles. The third-order valence-electron chi connectivity index (χ3n) is 5.84. The van der Waals surface area contributed by atoms with Gasteiger partial charge in [-0.25, -0.2) is 14.7 Å². The van der Waals surface area contributed by atoms with Gasteiger partial charge in [0.25, 0.3) is 17.7 Å². The van der Waals surface area contributed by atoms with Crippen LogP contribution in [0.15, 0.2) is 88.9 Å². The van der Waals surface area contributed by atoms with Crippen molar-refractivity contribution in [3.05, 3.63) is 105 Å². The molecular formula is C28H18Cl2N4O5S. The minimum Gasteiger partial charge on any atom is -0.465 e. The van der Waals surface area contributed by atoms with Crippen LogP contribution in [-0.4, -0.2) is 35.8 Å². The quantitative estimate of drug-likeness (QED) is 0.201. The monoisotopic (exact) mass is 592 g/mol. The lowest BCUT2D eigenvalue weighted by Gasteiger charge is -2.18. The van der Waals surface area contributed by atoms with Crippen molar-refractivity contribution in [2.45, 2.75) is 0 Å². The van der Waals surface area contributed by atoms with Gasteiger partial charge in [0.1, 0.15) is 10.7 Å². The number of amides is 3. The van der Waals surface area contributed by atoms with Gasteiger partial charge in [0.15, 0.2) is 5.13 Å². The van der Waals surface area contributed by atoms with Crippen molar-refractivity contribution in [3.63, 3.8) is 0 Å². The van der Waals surface area contributed by atoms with E-state index >= 15 is 0 Å². The second-order valence-corrected chi connectivity index (χ2v) is 10.0. The molecule has 0 saturated carbocycles. The maximum absolute atomic E-state index is 13.2. The van der Waals surface area contributed by atoms with Gasteiger partial charge in [-0.1, -0.05) is 53.5 Å². The van der Waals surface area contributed by atoms with E-state index in [-0.39, 0.29) is 27.5 Å². The van der Waals surface area contributed by atoms with Crippen LogP contribution in [-0.2, 0) is 14.3 Å². The third-order valence-corrected chi connectivity index (χ3v) is 7.20. The van der Waals surface area contributed by atoms with Crippen LogP contribution in [0.4, 0.5) is 16.5 Å². The summed E-state index contributed by atoms with van der Waals surface area (Å²) in [4.78, 5) is 56.6. The lowest BCUT2D eigenvalue weighted by molar-refractivity contribution is -0.120. The molecule has 200 valence electrons. The van der Waals surface area contributed by atoms with E-state index in [1.165, 1.54) is 36.6 Å². The molecule has 40 heavy (non-hydrogen) atoms. The zero-order valence-corrected chi connectivity index (χ0v) is 22.9. The third kappa shape index (κ3) is 5.32. The first-order chi connectivity index (χ1) is 19.3. The number of methoxy groups -OCH3 is 1. The van der Waals surface area contributed by atoms with Crippen LogP contribution in [0.3, 0.4) is 0 Å². The Morgan fingerprint density at radius 1 is 0.950 bits per heavy atom. The Balaban J connectivity index is 1.33. The van der Waals surface area contributed by atoms with Crippen LogP contribution < -0.4 is 15.5 Å². The molecule has 3 aromatic carbocycles. The molecule has 3 amide bonds. The number of nitrogens with zero attached hydrogens (tertiary/aromatic N) is 2. The highest BCUT2D eigenvalue weighted by Gasteiger charge is 2.40. The highest BCUT2D eigenvalue weighted by molar-refractivity contribution is 7.14.